The first kappa shape index (κ1) is 21.9. The van der Waals surface area contributed by atoms with Crippen LogP contribution in [0.4, 0.5) is 5.69 Å². The van der Waals surface area contributed by atoms with Crippen LogP contribution in [0.2, 0.25) is 0 Å². The molecule has 0 aromatic heterocycles. The lowest BCUT2D eigenvalue weighted by atomic mass is 9.95. The third-order valence-electron chi connectivity index (χ3n) is 4.79. The van der Waals surface area contributed by atoms with Gasteiger partial charge in [-0.05, 0) is 17.7 Å². The first-order chi connectivity index (χ1) is 14.8. The molecule has 0 radical (unpaired) electrons. The maximum absolute atomic E-state index is 12.8. The number of nitrogens with zero attached hydrogens (tertiary/aromatic N) is 2. The Morgan fingerprint density at radius 2 is 1.84 bits per heavy atom. The summed E-state index contributed by atoms with van der Waals surface area (Å²) >= 11 is 0. The van der Waals surface area contributed by atoms with Gasteiger partial charge in [0.25, 0.3) is 17.4 Å². The minimum Gasteiger partial charge on any atom is -0.508 e. The fourth-order valence-corrected chi connectivity index (χ4v) is 3.37. The fraction of sp³-hybridized carbons (Fsp3) is 0.238. The average molecular weight is 428 g/mol. The molecule has 2 aromatic rings. The molecule has 1 saturated heterocycles. The van der Waals surface area contributed by atoms with Gasteiger partial charge in [0, 0.05) is 24.2 Å². The monoisotopic (exact) mass is 428 g/mol. The number of likely N-dealkylation sites (tertiary alicyclic amines) is 1. The number of carbonyl (C=O) groups is 2. The molecule has 0 spiro atoms. The zero-order valence-corrected chi connectivity index (χ0v) is 16.3. The Kier molecular flexibility index (Phi) is 6.63. The Balaban J connectivity index is 2.09. The fourth-order valence-electron chi connectivity index (χ4n) is 3.37. The number of amides is 1. The highest BCUT2D eigenvalue weighted by atomic mass is 16.6. The van der Waals surface area contributed by atoms with E-state index in [0.717, 1.165) is 6.07 Å². The van der Waals surface area contributed by atoms with Crippen molar-refractivity contribution in [3.8, 4) is 5.75 Å². The lowest BCUT2D eigenvalue weighted by Crippen LogP contribution is -2.33. The molecule has 1 fully saturated rings. The summed E-state index contributed by atoms with van der Waals surface area (Å²) in [4.78, 5) is 37.2. The maximum atomic E-state index is 12.8. The van der Waals surface area contributed by atoms with E-state index in [1.807, 2.05) is 0 Å². The van der Waals surface area contributed by atoms with Gasteiger partial charge in [0.2, 0.25) is 0 Å². The molecule has 1 aliphatic rings. The summed E-state index contributed by atoms with van der Waals surface area (Å²) in [5, 5.41) is 40.4. The number of aliphatic hydroxyl groups is 2. The summed E-state index contributed by atoms with van der Waals surface area (Å²) in [6.45, 7) is -0.102. The number of benzene rings is 2. The number of phenols is 1. The van der Waals surface area contributed by atoms with Crippen LogP contribution in [-0.4, -0.2) is 63.2 Å². The summed E-state index contributed by atoms with van der Waals surface area (Å²) in [6, 6.07) is 9.90. The number of nitro groups is 1. The highest BCUT2D eigenvalue weighted by Gasteiger charge is 2.46. The summed E-state index contributed by atoms with van der Waals surface area (Å²) in [6.07, 6.45) is 0. The molecule has 31 heavy (non-hydrogen) atoms. The first-order valence-electron chi connectivity index (χ1n) is 9.36. The lowest BCUT2D eigenvalue weighted by molar-refractivity contribution is -0.384. The number of rotatable bonds is 8. The molecule has 1 heterocycles. The highest BCUT2D eigenvalue weighted by molar-refractivity contribution is 6.46. The quantitative estimate of drug-likeness (QED) is 0.144. The van der Waals surface area contributed by atoms with Crippen molar-refractivity contribution >= 4 is 23.1 Å². The predicted octanol–water partition coefficient (Wildman–Crippen LogP) is 1.73. The van der Waals surface area contributed by atoms with Crippen molar-refractivity contribution in [2.24, 2.45) is 0 Å². The molecular weight excluding hydrogens is 408 g/mol. The van der Waals surface area contributed by atoms with E-state index in [1.165, 1.54) is 47.4 Å². The van der Waals surface area contributed by atoms with Crippen LogP contribution in [0.3, 0.4) is 0 Å². The van der Waals surface area contributed by atoms with E-state index in [1.54, 1.807) is 0 Å². The van der Waals surface area contributed by atoms with Crippen LogP contribution in [0.5, 0.6) is 5.75 Å². The zero-order chi connectivity index (χ0) is 22.5. The van der Waals surface area contributed by atoms with E-state index in [2.05, 4.69) is 0 Å². The summed E-state index contributed by atoms with van der Waals surface area (Å²) in [5.41, 5.74) is -0.0335. The van der Waals surface area contributed by atoms with Crippen molar-refractivity contribution in [1.29, 1.82) is 0 Å². The van der Waals surface area contributed by atoms with Gasteiger partial charge in [-0.3, -0.25) is 19.7 Å². The molecule has 2 aromatic carbocycles. The Morgan fingerprint density at radius 3 is 2.48 bits per heavy atom. The summed E-state index contributed by atoms with van der Waals surface area (Å²) in [7, 11) is 0. The molecule has 1 amide bonds. The molecule has 0 aliphatic carbocycles. The van der Waals surface area contributed by atoms with Gasteiger partial charge >= 0.3 is 0 Å². The first-order valence-corrected chi connectivity index (χ1v) is 9.36. The zero-order valence-electron chi connectivity index (χ0n) is 16.3. The molecule has 0 saturated carbocycles. The molecule has 1 atom stereocenters. The number of aliphatic hydroxyl groups excluding tert-OH is 2. The van der Waals surface area contributed by atoms with E-state index in [-0.39, 0.29) is 48.9 Å². The molecule has 1 aliphatic heterocycles. The van der Waals surface area contributed by atoms with Gasteiger partial charge in [0.1, 0.15) is 11.5 Å². The second kappa shape index (κ2) is 9.37. The molecule has 0 bridgehead atoms. The Bertz CT molecular complexity index is 1030. The normalized spacial score (nSPS) is 17.8. The van der Waals surface area contributed by atoms with Crippen LogP contribution in [-0.2, 0) is 14.3 Å². The van der Waals surface area contributed by atoms with Crippen LogP contribution in [0.15, 0.2) is 54.1 Å². The summed E-state index contributed by atoms with van der Waals surface area (Å²) < 4.78 is 5.21. The lowest BCUT2D eigenvalue weighted by Gasteiger charge is -2.25. The number of nitro benzene ring substituents is 1. The van der Waals surface area contributed by atoms with E-state index in [4.69, 9.17) is 9.84 Å². The van der Waals surface area contributed by atoms with E-state index >= 15 is 0 Å². The van der Waals surface area contributed by atoms with Crippen LogP contribution >= 0.6 is 0 Å². The Hall–Kier alpha value is -3.76. The predicted molar refractivity (Wildman–Crippen MR) is 108 cm³/mol. The van der Waals surface area contributed by atoms with E-state index in [9.17, 15) is 29.9 Å². The number of aromatic hydroxyl groups is 1. The standard InChI is InChI=1S/C21H20N2O8/c24-9-11-31-10-8-22-18(13-4-6-16(25)7-5-13)17(20(27)21(22)28)19(26)14-2-1-3-15(12-14)23(29)30/h1-7,12,18,24-26H,8-11H2/b19-17+. The number of non-ortho nitro benzene ring substituents is 1. The number of ether oxygens (including phenoxy) is 1. The number of phenolic OH excluding ortho intramolecular Hbond substituents is 1. The molecule has 10 nitrogen and oxygen atoms in total. The van der Waals surface area contributed by atoms with Crippen LogP contribution < -0.4 is 0 Å². The van der Waals surface area contributed by atoms with Crippen molar-refractivity contribution in [3.63, 3.8) is 0 Å². The van der Waals surface area contributed by atoms with Gasteiger partial charge in [-0.15, -0.1) is 0 Å². The molecule has 3 rings (SSSR count). The van der Waals surface area contributed by atoms with Gasteiger partial charge in [0.15, 0.2) is 0 Å². The van der Waals surface area contributed by atoms with Crippen LogP contribution in [0, 0.1) is 10.1 Å². The van der Waals surface area contributed by atoms with Crippen molar-refractivity contribution in [2.75, 3.05) is 26.4 Å². The maximum Gasteiger partial charge on any atom is 0.295 e. The Morgan fingerprint density at radius 1 is 1.13 bits per heavy atom. The molecule has 10 heteroatoms. The van der Waals surface area contributed by atoms with Crippen molar-refractivity contribution < 1.29 is 34.6 Å². The van der Waals surface area contributed by atoms with E-state index < -0.39 is 28.4 Å². The Labute approximate surface area is 176 Å². The second-order valence-electron chi connectivity index (χ2n) is 6.73. The average Bonchev–Trinajstić information content (AvgIpc) is 3.01. The van der Waals surface area contributed by atoms with Gasteiger partial charge in [-0.1, -0.05) is 24.3 Å². The topological polar surface area (TPSA) is 150 Å². The number of Topliss-reactive ketones (excluding diaryl/α,β-unsaturated/α-hetero) is 1. The number of hydrogen-bond donors (Lipinski definition) is 3. The van der Waals surface area contributed by atoms with Crippen LogP contribution in [0.1, 0.15) is 17.2 Å². The molecular formula is C21H20N2O8. The largest absolute Gasteiger partial charge is 0.508 e. The second-order valence-corrected chi connectivity index (χ2v) is 6.73. The smallest absolute Gasteiger partial charge is 0.295 e. The van der Waals surface area contributed by atoms with Gasteiger partial charge in [0.05, 0.1) is 36.4 Å². The van der Waals surface area contributed by atoms with Crippen molar-refractivity contribution in [2.45, 2.75) is 6.04 Å². The number of hydrogen-bond acceptors (Lipinski definition) is 8. The minimum atomic E-state index is -0.988. The van der Waals surface area contributed by atoms with Crippen molar-refractivity contribution in [1.82, 2.24) is 4.90 Å². The van der Waals surface area contributed by atoms with Crippen LogP contribution in [0.25, 0.3) is 5.76 Å². The number of carbonyl (C=O) groups excluding carboxylic acids is 2. The molecule has 162 valence electrons. The van der Waals surface area contributed by atoms with Crippen molar-refractivity contribution in [3.05, 3.63) is 75.3 Å². The summed E-state index contributed by atoms with van der Waals surface area (Å²) in [5.74, 6) is -2.37. The third kappa shape index (κ3) is 4.55. The molecule has 3 N–H and O–H groups in total. The third-order valence-corrected chi connectivity index (χ3v) is 4.79. The number of ketones is 1. The van der Waals surface area contributed by atoms with Gasteiger partial charge in [-0.25, -0.2) is 0 Å². The SMILES string of the molecule is O=C1C(=O)N(CCOCCO)C(c2ccc(O)cc2)/C1=C(\O)c1cccc([N+](=O)[O-])c1. The molecule has 1 unspecified atom stereocenters. The minimum absolute atomic E-state index is 0.00182. The van der Waals surface area contributed by atoms with Gasteiger partial charge in [-0.2, -0.15) is 0 Å². The highest BCUT2D eigenvalue weighted by Crippen LogP contribution is 2.39. The van der Waals surface area contributed by atoms with E-state index in [0.29, 0.717) is 5.56 Å². The van der Waals surface area contributed by atoms with Gasteiger partial charge < -0.3 is 25.0 Å².